The number of hydrogen-bond donors (Lipinski definition) is 2. The number of likely N-dealkylation sites (tertiary alicyclic amines) is 1. The van der Waals surface area contributed by atoms with Gasteiger partial charge in [0.15, 0.2) is 0 Å². The van der Waals surface area contributed by atoms with Crippen LogP contribution in [0.25, 0.3) is 0 Å². The zero-order valence-electron chi connectivity index (χ0n) is 12.3. The molecule has 1 saturated carbocycles. The van der Waals surface area contributed by atoms with Crippen LogP contribution in [0.5, 0.6) is 0 Å². The van der Waals surface area contributed by atoms with Crippen LogP contribution >= 0.6 is 0 Å². The number of fused-ring (bicyclic) bond motifs is 1. The van der Waals surface area contributed by atoms with Crippen molar-refractivity contribution >= 4 is 5.82 Å². The van der Waals surface area contributed by atoms with Gasteiger partial charge in [-0.05, 0) is 30.9 Å². The Morgan fingerprint density at radius 1 is 1.40 bits per heavy atom. The minimum Gasteiger partial charge on any atom is -0.390 e. The Labute approximate surface area is 121 Å². The van der Waals surface area contributed by atoms with Crippen LogP contribution in [-0.4, -0.2) is 40.7 Å². The van der Waals surface area contributed by atoms with Crippen molar-refractivity contribution in [2.24, 2.45) is 5.92 Å². The Kier molecular flexibility index (Phi) is 3.94. The molecule has 3 rings (SSSR count). The monoisotopic (exact) mass is 275 g/mol. The lowest BCUT2D eigenvalue weighted by Gasteiger charge is -2.47. The van der Waals surface area contributed by atoms with Gasteiger partial charge in [-0.3, -0.25) is 4.90 Å². The maximum absolute atomic E-state index is 10.7. The molecule has 1 saturated heterocycles. The van der Waals surface area contributed by atoms with E-state index in [4.69, 9.17) is 0 Å². The predicted octanol–water partition coefficient (Wildman–Crippen LogP) is 2.25. The van der Waals surface area contributed by atoms with E-state index in [-0.39, 0.29) is 5.60 Å². The summed E-state index contributed by atoms with van der Waals surface area (Å²) in [5, 5.41) is 13.7. The van der Waals surface area contributed by atoms with E-state index < -0.39 is 0 Å². The number of rotatable bonds is 3. The number of nitrogens with zero attached hydrogens (tertiary/aromatic N) is 2. The van der Waals surface area contributed by atoms with E-state index in [9.17, 15) is 5.11 Å². The zero-order chi connectivity index (χ0) is 14.0. The van der Waals surface area contributed by atoms with Gasteiger partial charge in [-0.15, -0.1) is 0 Å². The van der Waals surface area contributed by atoms with Gasteiger partial charge < -0.3 is 10.4 Å². The molecule has 1 aromatic rings. The van der Waals surface area contributed by atoms with Crippen LogP contribution in [0.2, 0.25) is 0 Å². The summed E-state index contributed by atoms with van der Waals surface area (Å²) in [5.41, 5.74) is 0.883. The van der Waals surface area contributed by atoms with Crippen molar-refractivity contribution in [1.82, 2.24) is 9.88 Å². The fourth-order valence-electron chi connectivity index (χ4n) is 3.71. The second kappa shape index (κ2) is 5.70. The number of piperidine rings is 1. The van der Waals surface area contributed by atoms with Crippen LogP contribution in [0.15, 0.2) is 18.3 Å². The standard InChI is InChI=1S/C16H25N3O/c1-17-15-6-5-13(10-18-15)11-19-9-8-16(20)7-3-2-4-14(16)12-19/h5-6,10,14,20H,2-4,7-9,11-12H2,1H3,(H,17,18). The summed E-state index contributed by atoms with van der Waals surface area (Å²) >= 11 is 0. The van der Waals surface area contributed by atoms with E-state index in [1.54, 1.807) is 0 Å². The molecule has 20 heavy (non-hydrogen) atoms. The summed E-state index contributed by atoms with van der Waals surface area (Å²) in [7, 11) is 1.89. The highest BCUT2D eigenvalue weighted by molar-refractivity contribution is 5.34. The first kappa shape index (κ1) is 13.8. The predicted molar refractivity (Wildman–Crippen MR) is 80.6 cm³/mol. The molecular formula is C16H25N3O. The van der Waals surface area contributed by atoms with Gasteiger partial charge >= 0.3 is 0 Å². The number of hydrogen-bond acceptors (Lipinski definition) is 4. The van der Waals surface area contributed by atoms with Gasteiger partial charge in [-0.2, -0.15) is 0 Å². The van der Waals surface area contributed by atoms with Crippen molar-refractivity contribution in [2.45, 2.75) is 44.2 Å². The summed E-state index contributed by atoms with van der Waals surface area (Å²) in [6, 6.07) is 4.16. The SMILES string of the molecule is CNc1ccc(CN2CCC3(O)CCCCC3C2)cn1. The Balaban J connectivity index is 1.61. The lowest BCUT2D eigenvalue weighted by Crippen LogP contribution is -2.52. The molecule has 1 aromatic heterocycles. The van der Waals surface area contributed by atoms with E-state index >= 15 is 0 Å². The van der Waals surface area contributed by atoms with E-state index in [1.165, 1.54) is 24.8 Å². The van der Waals surface area contributed by atoms with E-state index in [2.05, 4.69) is 21.3 Å². The quantitative estimate of drug-likeness (QED) is 0.888. The minimum absolute atomic E-state index is 0.372. The van der Waals surface area contributed by atoms with Crippen molar-refractivity contribution in [3.63, 3.8) is 0 Å². The van der Waals surface area contributed by atoms with Gasteiger partial charge in [0.2, 0.25) is 0 Å². The van der Waals surface area contributed by atoms with Gasteiger partial charge in [0.1, 0.15) is 5.82 Å². The van der Waals surface area contributed by atoms with Crippen molar-refractivity contribution in [3.8, 4) is 0 Å². The molecule has 0 radical (unpaired) electrons. The Morgan fingerprint density at radius 2 is 2.30 bits per heavy atom. The van der Waals surface area contributed by atoms with Crippen molar-refractivity contribution in [2.75, 3.05) is 25.5 Å². The van der Waals surface area contributed by atoms with Crippen LogP contribution in [-0.2, 0) is 6.54 Å². The molecule has 4 nitrogen and oxygen atoms in total. The van der Waals surface area contributed by atoms with E-state index in [0.29, 0.717) is 5.92 Å². The topological polar surface area (TPSA) is 48.4 Å². The van der Waals surface area contributed by atoms with Crippen LogP contribution in [0, 0.1) is 5.92 Å². The maximum atomic E-state index is 10.7. The fourth-order valence-corrected chi connectivity index (χ4v) is 3.71. The maximum Gasteiger partial charge on any atom is 0.125 e. The van der Waals surface area contributed by atoms with E-state index in [0.717, 1.165) is 38.3 Å². The molecule has 1 aliphatic heterocycles. The van der Waals surface area contributed by atoms with E-state index in [1.807, 2.05) is 19.3 Å². The number of aromatic nitrogens is 1. The molecule has 0 bridgehead atoms. The van der Waals surface area contributed by atoms with Gasteiger partial charge in [-0.25, -0.2) is 4.98 Å². The molecule has 0 spiro atoms. The first-order chi connectivity index (χ1) is 9.69. The fraction of sp³-hybridized carbons (Fsp3) is 0.688. The summed E-state index contributed by atoms with van der Waals surface area (Å²) in [4.78, 5) is 6.84. The second-order valence-electron chi connectivity index (χ2n) is 6.33. The molecule has 2 fully saturated rings. The van der Waals surface area contributed by atoms with Crippen LogP contribution in [0.1, 0.15) is 37.7 Å². The zero-order valence-corrected chi connectivity index (χ0v) is 12.3. The minimum atomic E-state index is -0.372. The third kappa shape index (κ3) is 2.81. The number of pyridine rings is 1. The first-order valence-corrected chi connectivity index (χ1v) is 7.77. The summed E-state index contributed by atoms with van der Waals surface area (Å²) in [6.07, 6.45) is 7.54. The Morgan fingerprint density at radius 3 is 3.05 bits per heavy atom. The van der Waals surface area contributed by atoms with Crippen LogP contribution in [0.4, 0.5) is 5.82 Å². The summed E-state index contributed by atoms with van der Waals surface area (Å²) in [6.45, 7) is 2.98. The number of aliphatic hydroxyl groups is 1. The highest BCUT2D eigenvalue weighted by Crippen LogP contribution is 2.39. The molecule has 0 amide bonds. The van der Waals surface area contributed by atoms with Gasteiger partial charge in [0.05, 0.1) is 5.60 Å². The van der Waals surface area contributed by atoms with Crippen LogP contribution < -0.4 is 5.32 Å². The second-order valence-corrected chi connectivity index (χ2v) is 6.33. The third-order valence-corrected chi connectivity index (χ3v) is 5.00. The molecular weight excluding hydrogens is 250 g/mol. The van der Waals surface area contributed by atoms with Crippen molar-refractivity contribution in [1.29, 1.82) is 0 Å². The Bertz CT molecular complexity index is 448. The van der Waals surface area contributed by atoms with Gasteiger partial charge in [0, 0.05) is 38.8 Å². The molecule has 2 atom stereocenters. The summed E-state index contributed by atoms with van der Waals surface area (Å²) in [5.74, 6) is 1.38. The lowest BCUT2D eigenvalue weighted by atomic mass is 9.71. The Hall–Kier alpha value is -1.13. The summed E-state index contributed by atoms with van der Waals surface area (Å²) < 4.78 is 0. The van der Waals surface area contributed by atoms with Crippen molar-refractivity contribution < 1.29 is 5.11 Å². The van der Waals surface area contributed by atoms with Crippen LogP contribution in [0.3, 0.4) is 0 Å². The number of nitrogens with one attached hydrogen (secondary N) is 1. The largest absolute Gasteiger partial charge is 0.390 e. The molecule has 2 N–H and O–H groups in total. The smallest absolute Gasteiger partial charge is 0.125 e. The molecule has 110 valence electrons. The van der Waals surface area contributed by atoms with Gasteiger partial charge in [0.25, 0.3) is 0 Å². The molecule has 2 unspecified atom stereocenters. The molecule has 2 aliphatic rings. The van der Waals surface area contributed by atoms with Gasteiger partial charge in [-0.1, -0.05) is 18.9 Å². The number of anilines is 1. The average Bonchev–Trinajstić information content (AvgIpc) is 2.48. The molecule has 4 heteroatoms. The highest BCUT2D eigenvalue weighted by atomic mass is 16.3. The first-order valence-electron chi connectivity index (χ1n) is 7.77. The van der Waals surface area contributed by atoms with Crippen molar-refractivity contribution in [3.05, 3.63) is 23.9 Å². The lowest BCUT2D eigenvalue weighted by molar-refractivity contribution is -0.0968. The third-order valence-electron chi connectivity index (χ3n) is 5.00. The highest BCUT2D eigenvalue weighted by Gasteiger charge is 2.42. The molecule has 1 aliphatic carbocycles. The molecule has 2 heterocycles. The normalized spacial score (nSPS) is 30.8. The average molecular weight is 275 g/mol. The molecule has 0 aromatic carbocycles.